The molecule has 0 saturated carbocycles. The Balaban J connectivity index is 1.07. The second-order valence-corrected chi connectivity index (χ2v) is 16.4. The molecule has 0 spiro atoms. The van der Waals surface area contributed by atoms with Crippen LogP contribution >= 0.6 is 0 Å². The Morgan fingerprint density at radius 1 is 0.312 bits per heavy atom. The van der Waals surface area contributed by atoms with Crippen molar-refractivity contribution in [2.45, 2.75) is 0 Å². The molecule has 0 N–H and O–H groups in total. The number of rotatable bonds is 6. The second-order valence-electron chi connectivity index (χ2n) is 16.4. The fraction of sp³-hybridized carbons (Fsp3) is 0. The minimum absolute atomic E-state index is 0.583. The quantitative estimate of drug-likeness (QED) is 0.168. The summed E-state index contributed by atoms with van der Waals surface area (Å²) in [6.07, 6.45) is 0. The highest BCUT2D eigenvalue weighted by Gasteiger charge is 2.22. The molecule has 0 saturated heterocycles. The van der Waals surface area contributed by atoms with Gasteiger partial charge in [0.2, 0.25) is 0 Å². The summed E-state index contributed by atoms with van der Waals surface area (Å²) in [5, 5.41) is 9.10. The monoisotopic (exact) mass is 816 g/mol. The summed E-state index contributed by atoms with van der Waals surface area (Å²) in [4.78, 5) is 15.5. The first-order valence-electron chi connectivity index (χ1n) is 21.6. The van der Waals surface area contributed by atoms with Crippen LogP contribution in [0.1, 0.15) is 0 Å². The lowest BCUT2D eigenvalue weighted by atomic mass is 9.94. The number of nitrogens with zero attached hydrogens (tertiary/aromatic N) is 4. The van der Waals surface area contributed by atoms with Gasteiger partial charge in [0.25, 0.3) is 0 Å². The summed E-state index contributed by atoms with van der Waals surface area (Å²) in [6.45, 7) is 0. The zero-order valence-electron chi connectivity index (χ0n) is 34.5. The number of furan rings is 1. The van der Waals surface area contributed by atoms with Gasteiger partial charge in [-0.3, -0.25) is 0 Å². The predicted molar refractivity (Wildman–Crippen MR) is 264 cm³/mol. The van der Waals surface area contributed by atoms with Crippen molar-refractivity contribution in [3.63, 3.8) is 0 Å². The Kier molecular flexibility index (Phi) is 8.15. The third kappa shape index (κ3) is 5.83. The summed E-state index contributed by atoms with van der Waals surface area (Å²) in [5.74, 6) is 1.81. The van der Waals surface area contributed by atoms with Crippen LogP contribution < -0.4 is 0 Å². The van der Waals surface area contributed by atoms with Gasteiger partial charge in [0.15, 0.2) is 17.5 Å². The van der Waals surface area contributed by atoms with E-state index in [1.165, 1.54) is 49.2 Å². The van der Waals surface area contributed by atoms with Crippen LogP contribution in [-0.2, 0) is 0 Å². The van der Waals surface area contributed by atoms with Gasteiger partial charge in [0.1, 0.15) is 11.2 Å². The maximum Gasteiger partial charge on any atom is 0.164 e. The topological polar surface area (TPSA) is 56.7 Å². The number of fused-ring (bicyclic) bond motifs is 9. The van der Waals surface area contributed by atoms with E-state index in [0.717, 1.165) is 60.7 Å². The molecular formula is C59H36N4O. The van der Waals surface area contributed by atoms with Crippen molar-refractivity contribution in [3.05, 3.63) is 218 Å². The Hall–Kier alpha value is -8.67. The SMILES string of the molecule is c1ccc(-c2ccc3c(c2)c2c4ccccc4c(-c4ccccc4)cc2n3-c2ccc3oc4cccc(-c5nc(-c6ccccc6)nc(-c6ccc7ccccc7c6)n5)c4c3c2)cc1. The lowest BCUT2D eigenvalue weighted by molar-refractivity contribution is 0.669. The van der Waals surface area contributed by atoms with E-state index in [1.807, 2.05) is 42.5 Å². The van der Waals surface area contributed by atoms with Gasteiger partial charge in [-0.2, -0.15) is 0 Å². The van der Waals surface area contributed by atoms with E-state index in [-0.39, 0.29) is 0 Å². The summed E-state index contributed by atoms with van der Waals surface area (Å²) in [7, 11) is 0. The van der Waals surface area contributed by atoms with Crippen LogP contribution in [0.5, 0.6) is 0 Å². The van der Waals surface area contributed by atoms with Crippen molar-refractivity contribution in [1.29, 1.82) is 0 Å². The number of hydrogen-bond donors (Lipinski definition) is 0. The van der Waals surface area contributed by atoms with Crippen LogP contribution in [-0.4, -0.2) is 19.5 Å². The Morgan fingerprint density at radius 2 is 0.969 bits per heavy atom. The van der Waals surface area contributed by atoms with Gasteiger partial charge in [-0.15, -0.1) is 0 Å². The molecule has 5 nitrogen and oxygen atoms in total. The third-order valence-corrected chi connectivity index (χ3v) is 12.6. The van der Waals surface area contributed by atoms with Crippen molar-refractivity contribution < 1.29 is 4.42 Å². The summed E-state index contributed by atoms with van der Waals surface area (Å²) in [5.41, 5.74) is 12.3. The molecule has 0 bridgehead atoms. The molecule has 0 radical (unpaired) electrons. The van der Waals surface area contributed by atoms with Crippen LogP contribution in [0, 0.1) is 0 Å². The Labute approximate surface area is 368 Å². The average molecular weight is 817 g/mol. The smallest absolute Gasteiger partial charge is 0.164 e. The maximum atomic E-state index is 6.66. The third-order valence-electron chi connectivity index (χ3n) is 12.6. The van der Waals surface area contributed by atoms with Crippen LogP contribution in [0.2, 0.25) is 0 Å². The van der Waals surface area contributed by atoms with Crippen LogP contribution in [0.4, 0.5) is 0 Å². The van der Waals surface area contributed by atoms with E-state index in [9.17, 15) is 0 Å². The van der Waals surface area contributed by atoms with Gasteiger partial charge in [-0.05, 0) is 92.3 Å². The molecule has 13 rings (SSSR count). The normalized spacial score (nSPS) is 11.8. The fourth-order valence-corrected chi connectivity index (χ4v) is 9.64. The first-order chi connectivity index (χ1) is 31.7. The highest BCUT2D eigenvalue weighted by Crippen LogP contribution is 2.44. The van der Waals surface area contributed by atoms with Crippen molar-refractivity contribution in [2.24, 2.45) is 0 Å². The van der Waals surface area contributed by atoms with E-state index < -0.39 is 0 Å². The zero-order valence-corrected chi connectivity index (χ0v) is 34.5. The molecule has 0 aliphatic carbocycles. The molecule has 5 heteroatoms. The maximum absolute atomic E-state index is 6.66. The molecule has 13 aromatic rings. The van der Waals surface area contributed by atoms with E-state index >= 15 is 0 Å². The van der Waals surface area contributed by atoms with Crippen LogP contribution in [0.25, 0.3) is 127 Å². The summed E-state index contributed by atoms with van der Waals surface area (Å²) < 4.78 is 9.08. The molecule has 0 aliphatic rings. The van der Waals surface area contributed by atoms with Crippen molar-refractivity contribution >= 4 is 65.3 Å². The Bertz CT molecular complexity index is 3950. The van der Waals surface area contributed by atoms with E-state index in [4.69, 9.17) is 19.4 Å². The second kappa shape index (κ2) is 14.5. The number of benzene rings is 10. The number of hydrogen-bond acceptors (Lipinski definition) is 4. The highest BCUT2D eigenvalue weighted by atomic mass is 16.3. The number of aromatic nitrogens is 4. The molecular weight excluding hydrogens is 781 g/mol. The van der Waals surface area contributed by atoms with E-state index in [0.29, 0.717) is 17.5 Å². The van der Waals surface area contributed by atoms with E-state index in [1.54, 1.807) is 0 Å². The average Bonchev–Trinajstić information content (AvgIpc) is 3.92. The molecule has 3 heterocycles. The first-order valence-corrected chi connectivity index (χ1v) is 21.6. The first kappa shape index (κ1) is 36.0. The fourth-order valence-electron chi connectivity index (χ4n) is 9.64. The molecule has 10 aromatic carbocycles. The molecule has 0 fully saturated rings. The molecule has 0 amide bonds. The molecule has 3 aromatic heterocycles. The minimum Gasteiger partial charge on any atom is -0.456 e. The van der Waals surface area contributed by atoms with Gasteiger partial charge in [0, 0.05) is 43.9 Å². The van der Waals surface area contributed by atoms with Gasteiger partial charge >= 0.3 is 0 Å². The molecule has 0 aliphatic heterocycles. The van der Waals surface area contributed by atoms with Crippen molar-refractivity contribution in [2.75, 3.05) is 0 Å². The van der Waals surface area contributed by atoms with Crippen molar-refractivity contribution in [3.8, 4) is 62.1 Å². The minimum atomic E-state index is 0.583. The van der Waals surface area contributed by atoms with E-state index in [2.05, 4.69) is 180 Å². The predicted octanol–water partition coefficient (Wildman–Crippen LogP) is 15.5. The standard InChI is InChI=1S/C59H36N4O/c1-4-15-37(16-5-1)42-29-31-51-49(34-42)55-46-24-13-12-23-45(46)48(39-18-6-2-7-19-39)36-52(55)63(51)44-30-32-53-50(35-44)56-47(25-14-26-54(56)64-53)59-61-57(40-20-8-3-9-21-40)60-58(62-59)43-28-27-38-17-10-11-22-41(38)33-43/h1-36H. The molecule has 0 atom stereocenters. The van der Waals surface area contributed by atoms with Gasteiger partial charge < -0.3 is 8.98 Å². The molecule has 298 valence electrons. The van der Waals surface area contributed by atoms with Gasteiger partial charge in [0.05, 0.1) is 11.0 Å². The van der Waals surface area contributed by atoms with Gasteiger partial charge in [-0.25, -0.2) is 15.0 Å². The molecule has 64 heavy (non-hydrogen) atoms. The molecule has 0 unspecified atom stereocenters. The highest BCUT2D eigenvalue weighted by molar-refractivity contribution is 6.25. The lowest BCUT2D eigenvalue weighted by Crippen LogP contribution is -2.00. The zero-order chi connectivity index (χ0) is 42.1. The van der Waals surface area contributed by atoms with Crippen LogP contribution in [0.15, 0.2) is 223 Å². The lowest BCUT2D eigenvalue weighted by Gasteiger charge is -2.12. The van der Waals surface area contributed by atoms with Crippen molar-refractivity contribution in [1.82, 2.24) is 19.5 Å². The van der Waals surface area contributed by atoms with Crippen LogP contribution in [0.3, 0.4) is 0 Å². The van der Waals surface area contributed by atoms with Gasteiger partial charge in [-0.1, -0.05) is 170 Å². The summed E-state index contributed by atoms with van der Waals surface area (Å²) >= 11 is 0. The Morgan fingerprint density at radius 3 is 1.77 bits per heavy atom. The summed E-state index contributed by atoms with van der Waals surface area (Å²) in [6, 6.07) is 77.0. The largest absolute Gasteiger partial charge is 0.456 e.